The zero-order chi connectivity index (χ0) is 25.7. The highest BCUT2D eigenvalue weighted by Gasteiger charge is 2.33. The maximum Gasteiger partial charge on any atom is 0.407 e. The maximum atomic E-state index is 13.0. The van der Waals surface area contributed by atoms with E-state index in [2.05, 4.69) is 22.8 Å². The Bertz CT molecular complexity index is 1020. The number of aliphatic carboxylic acids is 1. The summed E-state index contributed by atoms with van der Waals surface area (Å²) in [5.41, 5.74) is 4.50. The van der Waals surface area contributed by atoms with Gasteiger partial charge in [-0.25, -0.2) is 4.79 Å². The fourth-order valence-corrected chi connectivity index (χ4v) is 4.98. The van der Waals surface area contributed by atoms with Crippen LogP contribution >= 0.6 is 0 Å². The molecule has 3 rings (SSSR count). The zero-order valence-corrected chi connectivity index (χ0v) is 21.1. The van der Waals surface area contributed by atoms with Crippen LogP contribution in [0.3, 0.4) is 0 Å². The van der Waals surface area contributed by atoms with Gasteiger partial charge < -0.3 is 20.5 Å². The van der Waals surface area contributed by atoms with Gasteiger partial charge in [-0.1, -0.05) is 76.2 Å². The van der Waals surface area contributed by atoms with Gasteiger partial charge in [0.1, 0.15) is 12.6 Å². The zero-order valence-electron chi connectivity index (χ0n) is 21.1. The first-order valence-corrected chi connectivity index (χ1v) is 12.2. The molecule has 0 fully saturated rings. The predicted molar refractivity (Wildman–Crippen MR) is 135 cm³/mol. The van der Waals surface area contributed by atoms with E-state index in [0.29, 0.717) is 6.42 Å². The molecule has 1 aliphatic rings. The maximum absolute atomic E-state index is 13.0. The number of carbonyl (C=O) groups excluding carboxylic acids is 2. The molecule has 0 saturated heterocycles. The van der Waals surface area contributed by atoms with Crippen molar-refractivity contribution in [1.29, 1.82) is 0 Å². The normalized spacial score (nSPS) is 15.2. The third kappa shape index (κ3) is 6.21. The number of hydrogen-bond donors (Lipinski definition) is 3. The lowest BCUT2D eigenvalue weighted by atomic mass is 9.89. The number of hydrogen-bond acceptors (Lipinski definition) is 4. The van der Waals surface area contributed by atoms with Crippen LogP contribution in [-0.2, 0) is 14.3 Å². The molecule has 0 spiro atoms. The summed E-state index contributed by atoms with van der Waals surface area (Å²) in [6.07, 6.45) is -0.263. The number of carboxylic acids is 1. The van der Waals surface area contributed by atoms with Gasteiger partial charge in [0.05, 0.1) is 5.92 Å². The fraction of sp³-hybridized carbons (Fsp3) is 0.464. The van der Waals surface area contributed by atoms with Crippen molar-refractivity contribution < 1.29 is 24.2 Å². The Kier molecular flexibility index (Phi) is 8.54. The van der Waals surface area contributed by atoms with E-state index in [1.54, 1.807) is 6.92 Å². The largest absolute Gasteiger partial charge is 0.481 e. The molecule has 188 valence electrons. The first-order chi connectivity index (χ1) is 16.6. The number of carboxylic acid groups (broad SMARTS) is 1. The van der Waals surface area contributed by atoms with E-state index in [1.165, 1.54) is 0 Å². The van der Waals surface area contributed by atoms with Gasteiger partial charge in [-0.3, -0.25) is 9.59 Å². The summed E-state index contributed by atoms with van der Waals surface area (Å²) in [5.74, 6) is -2.19. The first kappa shape index (κ1) is 26.3. The molecule has 0 saturated carbocycles. The molecule has 0 heterocycles. The minimum Gasteiger partial charge on any atom is -0.481 e. The predicted octanol–water partition coefficient (Wildman–Crippen LogP) is 4.80. The van der Waals surface area contributed by atoms with Gasteiger partial charge in [-0.15, -0.1) is 0 Å². The summed E-state index contributed by atoms with van der Waals surface area (Å²) in [5, 5.41) is 15.0. The van der Waals surface area contributed by atoms with Crippen LogP contribution in [0, 0.1) is 17.8 Å². The highest BCUT2D eigenvalue weighted by molar-refractivity contribution is 5.86. The van der Waals surface area contributed by atoms with Crippen LogP contribution in [0.5, 0.6) is 0 Å². The molecule has 0 aromatic heterocycles. The first-order valence-electron chi connectivity index (χ1n) is 12.2. The van der Waals surface area contributed by atoms with Gasteiger partial charge in [0.25, 0.3) is 0 Å². The summed E-state index contributed by atoms with van der Waals surface area (Å²) in [7, 11) is 0. The Morgan fingerprint density at radius 2 is 1.43 bits per heavy atom. The SMILES string of the molecule is CC(C)C[C@@H](NC(=O)OCC1c2ccccc2-c2ccccc21)C(=O)NC(C)C(C(=O)O)C(C)C. The number of rotatable bonds is 10. The summed E-state index contributed by atoms with van der Waals surface area (Å²) in [6, 6.07) is 14.8. The molecule has 7 heteroatoms. The van der Waals surface area contributed by atoms with Crippen molar-refractivity contribution in [1.82, 2.24) is 10.6 Å². The second-order valence-corrected chi connectivity index (χ2v) is 10.1. The molecule has 2 amide bonds. The number of alkyl carbamates (subject to hydrolysis) is 1. The fourth-order valence-electron chi connectivity index (χ4n) is 4.98. The number of fused-ring (bicyclic) bond motifs is 3. The number of nitrogens with one attached hydrogen (secondary N) is 2. The average Bonchev–Trinajstić information content (AvgIpc) is 3.10. The molecular formula is C28H36N2O5. The third-order valence-electron chi connectivity index (χ3n) is 6.57. The van der Waals surface area contributed by atoms with Crippen molar-refractivity contribution in [2.24, 2.45) is 17.8 Å². The van der Waals surface area contributed by atoms with Crippen molar-refractivity contribution >= 4 is 18.0 Å². The minimum absolute atomic E-state index is 0.0760. The van der Waals surface area contributed by atoms with Gasteiger partial charge in [-0.2, -0.15) is 0 Å². The van der Waals surface area contributed by atoms with Crippen LogP contribution in [-0.4, -0.2) is 41.8 Å². The molecular weight excluding hydrogens is 444 g/mol. The van der Waals surface area contributed by atoms with Crippen molar-refractivity contribution in [3.05, 3.63) is 59.7 Å². The lowest BCUT2D eigenvalue weighted by molar-refractivity contribution is -0.144. The molecule has 0 aliphatic heterocycles. The van der Waals surface area contributed by atoms with Crippen molar-refractivity contribution in [2.45, 2.75) is 59.0 Å². The highest BCUT2D eigenvalue weighted by atomic mass is 16.5. The van der Waals surface area contributed by atoms with Gasteiger partial charge in [0.15, 0.2) is 0 Å². The minimum atomic E-state index is -0.960. The van der Waals surface area contributed by atoms with E-state index >= 15 is 0 Å². The summed E-state index contributed by atoms with van der Waals surface area (Å²) >= 11 is 0. The quantitative estimate of drug-likeness (QED) is 0.453. The van der Waals surface area contributed by atoms with Crippen LogP contribution < -0.4 is 10.6 Å². The second kappa shape index (κ2) is 11.4. The van der Waals surface area contributed by atoms with E-state index in [-0.39, 0.29) is 24.4 Å². The number of carbonyl (C=O) groups is 3. The molecule has 1 aliphatic carbocycles. The van der Waals surface area contributed by atoms with Gasteiger partial charge in [0.2, 0.25) is 5.91 Å². The number of amides is 2. The van der Waals surface area contributed by atoms with Crippen LogP contribution in [0.15, 0.2) is 48.5 Å². The third-order valence-corrected chi connectivity index (χ3v) is 6.57. The number of ether oxygens (including phenoxy) is 1. The van der Waals surface area contributed by atoms with Crippen molar-refractivity contribution in [3.63, 3.8) is 0 Å². The Morgan fingerprint density at radius 1 is 0.886 bits per heavy atom. The molecule has 35 heavy (non-hydrogen) atoms. The second-order valence-electron chi connectivity index (χ2n) is 10.1. The van der Waals surface area contributed by atoms with E-state index in [1.807, 2.05) is 64.1 Å². The molecule has 7 nitrogen and oxygen atoms in total. The lowest BCUT2D eigenvalue weighted by Crippen LogP contribution is -2.52. The Morgan fingerprint density at radius 3 is 1.91 bits per heavy atom. The monoisotopic (exact) mass is 480 g/mol. The lowest BCUT2D eigenvalue weighted by Gasteiger charge is -2.27. The van der Waals surface area contributed by atoms with Crippen LogP contribution in [0.4, 0.5) is 4.79 Å². The van der Waals surface area contributed by atoms with Gasteiger partial charge in [-0.05, 0) is 47.4 Å². The number of benzene rings is 2. The van der Waals surface area contributed by atoms with Crippen LogP contribution in [0.1, 0.15) is 58.1 Å². The Hall–Kier alpha value is -3.35. The summed E-state index contributed by atoms with van der Waals surface area (Å²) in [4.78, 5) is 37.4. The Balaban J connectivity index is 1.66. The molecule has 0 radical (unpaired) electrons. The van der Waals surface area contributed by atoms with Crippen LogP contribution in [0.2, 0.25) is 0 Å². The van der Waals surface area contributed by atoms with E-state index in [4.69, 9.17) is 4.74 Å². The molecule has 3 atom stereocenters. The highest BCUT2D eigenvalue weighted by Crippen LogP contribution is 2.44. The molecule has 2 aromatic rings. The smallest absolute Gasteiger partial charge is 0.407 e. The van der Waals surface area contributed by atoms with E-state index in [0.717, 1.165) is 22.3 Å². The molecule has 2 aromatic carbocycles. The Labute approximate surface area is 207 Å². The standard InChI is InChI=1S/C28H36N2O5/c1-16(2)14-24(26(31)29-18(5)25(17(3)4)27(32)33)30-28(34)35-15-23-21-12-8-6-10-19(21)20-11-7-9-13-22(20)23/h6-13,16-18,23-25H,14-15H2,1-5H3,(H,29,31)(H,30,34)(H,32,33)/t18?,24-,25?/m1/s1. The molecule has 3 N–H and O–H groups in total. The van der Waals surface area contributed by atoms with Crippen molar-refractivity contribution in [2.75, 3.05) is 6.61 Å². The molecule has 2 unspecified atom stereocenters. The van der Waals surface area contributed by atoms with Gasteiger partial charge >= 0.3 is 12.1 Å². The summed E-state index contributed by atoms with van der Waals surface area (Å²) < 4.78 is 5.61. The average molecular weight is 481 g/mol. The van der Waals surface area contributed by atoms with E-state index < -0.39 is 36.0 Å². The van der Waals surface area contributed by atoms with Gasteiger partial charge in [0, 0.05) is 12.0 Å². The topological polar surface area (TPSA) is 105 Å². The van der Waals surface area contributed by atoms with Crippen LogP contribution in [0.25, 0.3) is 11.1 Å². The van der Waals surface area contributed by atoms with Crippen molar-refractivity contribution in [3.8, 4) is 11.1 Å². The summed E-state index contributed by atoms with van der Waals surface area (Å²) in [6.45, 7) is 9.36. The molecule has 0 bridgehead atoms. The van der Waals surface area contributed by atoms with E-state index in [9.17, 15) is 19.5 Å².